The van der Waals surface area contributed by atoms with Crippen molar-refractivity contribution in [3.05, 3.63) is 62.5 Å². The number of hydrogen-bond acceptors (Lipinski definition) is 6. The van der Waals surface area contributed by atoms with Crippen LogP contribution in [0.5, 0.6) is 0 Å². The van der Waals surface area contributed by atoms with E-state index in [1.54, 1.807) is 31.5 Å². The second-order valence-electron chi connectivity index (χ2n) is 8.05. The van der Waals surface area contributed by atoms with Crippen molar-refractivity contribution in [3.63, 3.8) is 0 Å². The number of aromatic amines is 1. The lowest BCUT2D eigenvalue weighted by Gasteiger charge is -2.26. The first-order valence-corrected chi connectivity index (χ1v) is 12.8. The highest BCUT2D eigenvalue weighted by Crippen LogP contribution is 2.33. The van der Waals surface area contributed by atoms with Gasteiger partial charge in [-0.2, -0.15) is 13.5 Å². The fourth-order valence-electron chi connectivity index (χ4n) is 4.05. The number of imidazole rings is 1. The molecule has 3 aromatic rings. The Morgan fingerprint density at radius 2 is 2.12 bits per heavy atom. The number of hydrazone groups is 1. The van der Waals surface area contributed by atoms with Crippen molar-refractivity contribution in [2.45, 2.75) is 30.2 Å². The SMILES string of the molecule is COCCN(/N=C/c1ccc2[nH]c(=O)n(C3CCC3)c2c1)C1=NS(=O)(=O)c2cc(Br)ccc21. The van der Waals surface area contributed by atoms with Gasteiger partial charge >= 0.3 is 5.69 Å². The largest absolute Gasteiger partial charge is 0.383 e. The summed E-state index contributed by atoms with van der Waals surface area (Å²) in [6.45, 7) is 0.649. The highest BCUT2D eigenvalue weighted by atomic mass is 79.9. The average molecular weight is 532 g/mol. The van der Waals surface area contributed by atoms with E-state index in [1.165, 1.54) is 5.01 Å². The third-order valence-corrected chi connectivity index (χ3v) is 7.75. The van der Waals surface area contributed by atoms with Crippen LogP contribution in [0.1, 0.15) is 36.4 Å². The highest BCUT2D eigenvalue weighted by Gasteiger charge is 2.32. The van der Waals surface area contributed by atoms with Gasteiger partial charge in [0.25, 0.3) is 10.0 Å². The van der Waals surface area contributed by atoms with Crippen LogP contribution < -0.4 is 5.69 Å². The molecule has 5 rings (SSSR count). The van der Waals surface area contributed by atoms with E-state index in [-0.39, 0.29) is 22.5 Å². The molecule has 2 heterocycles. The van der Waals surface area contributed by atoms with Gasteiger partial charge < -0.3 is 9.72 Å². The Bertz CT molecular complexity index is 1450. The quantitative estimate of drug-likeness (QED) is 0.387. The minimum atomic E-state index is -3.81. The predicted octanol–water partition coefficient (Wildman–Crippen LogP) is 3.25. The summed E-state index contributed by atoms with van der Waals surface area (Å²) in [6.07, 6.45) is 4.77. The molecule has 1 aromatic heterocycles. The zero-order chi connectivity index (χ0) is 23.2. The second kappa shape index (κ2) is 8.54. The molecule has 172 valence electrons. The van der Waals surface area contributed by atoms with Gasteiger partial charge in [0.1, 0.15) is 4.90 Å². The molecular formula is C22H22BrN5O4S. The van der Waals surface area contributed by atoms with Crippen LogP contribution in [0.2, 0.25) is 0 Å². The Morgan fingerprint density at radius 1 is 1.30 bits per heavy atom. The number of ether oxygens (including phenoxy) is 1. The van der Waals surface area contributed by atoms with E-state index in [2.05, 4.69) is 30.4 Å². The van der Waals surface area contributed by atoms with Gasteiger partial charge in [-0.3, -0.25) is 4.57 Å². The zero-order valence-corrected chi connectivity index (χ0v) is 20.3. The fraction of sp³-hybridized carbons (Fsp3) is 0.318. The number of nitrogens with one attached hydrogen (secondary N) is 1. The van der Waals surface area contributed by atoms with Crippen molar-refractivity contribution < 1.29 is 13.2 Å². The van der Waals surface area contributed by atoms with Gasteiger partial charge in [-0.05, 0) is 55.2 Å². The number of sulfonamides is 1. The first kappa shape index (κ1) is 22.1. The standard InChI is InChI=1S/C22H22BrN5O4S/c1-32-10-9-27(21-17-7-6-15(23)12-20(17)33(30,31)26-21)24-13-14-5-8-18-19(11-14)28(22(29)25-18)16-3-2-4-16/h5-8,11-13,16H,2-4,9-10H2,1H3,(H,25,29)/b24-13+. The van der Waals surface area contributed by atoms with Crippen LogP contribution in [0.3, 0.4) is 0 Å². The Labute approximate surface area is 199 Å². The third kappa shape index (κ3) is 4.04. The summed E-state index contributed by atoms with van der Waals surface area (Å²) in [5.74, 6) is 0.250. The molecule has 1 fully saturated rings. The van der Waals surface area contributed by atoms with Crippen molar-refractivity contribution in [1.29, 1.82) is 0 Å². The number of amidine groups is 1. The van der Waals surface area contributed by atoms with Gasteiger partial charge in [0.2, 0.25) is 0 Å². The first-order chi connectivity index (χ1) is 15.9. The molecule has 0 atom stereocenters. The number of aromatic nitrogens is 2. The van der Waals surface area contributed by atoms with E-state index in [9.17, 15) is 13.2 Å². The van der Waals surface area contributed by atoms with Crippen LogP contribution in [0, 0.1) is 0 Å². The highest BCUT2D eigenvalue weighted by molar-refractivity contribution is 9.10. The monoisotopic (exact) mass is 531 g/mol. The van der Waals surface area contributed by atoms with Crippen molar-refractivity contribution in [2.75, 3.05) is 20.3 Å². The maximum atomic E-state index is 12.6. The van der Waals surface area contributed by atoms with E-state index < -0.39 is 10.0 Å². The number of benzene rings is 2. The van der Waals surface area contributed by atoms with Crippen molar-refractivity contribution in [1.82, 2.24) is 14.6 Å². The smallest absolute Gasteiger partial charge is 0.326 e. The van der Waals surface area contributed by atoms with E-state index >= 15 is 0 Å². The van der Waals surface area contributed by atoms with Gasteiger partial charge in [-0.1, -0.05) is 22.0 Å². The van der Waals surface area contributed by atoms with Gasteiger partial charge in [0, 0.05) is 23.2 Å². The molecule has 0 amide bonds. The second-order valence-corrected chi connectivity index (χ2v) is 10.5. The minimum absolute atomic E-state index is 0.0983. The molecule has 1 N–H and O–H groups in total. The molecule has 9 nitrogen and oxygen atoms in total. The van der Waals surface area contributed by atoms with Crippen molar-refractivity contribution in [2.24, 2.45) is 9.50 Å². The Kier molecular flexibility index (Phi) is 5.71. The zero-order valence-electron chi connectivity index (χ0n) is 17.9. The minimum Gasteiger partial charge on any atom is -0.383 e. The fourth-order valence-corrected chi connectivity index (χ4v) is 5.80. The molecule has 1 saturated carbocycles. The van der Waals surface area contributed by atoms with Crippen molar-refractivity contribution in [3.8, 4) is 0 Å². The van der Waals surface area contributed by atoms with Crippen LogP contribution in [0.4, 0.5) is 0 Å². The molecule has 2 aromatic carbocycles. The van der Waals surface area contributed by atoms with Gasteiger partial charge in [0.15, 0.2) is 5.84 Å². The molecule has 0 spiro atoms. The molecule has 2 aliphatic rings. The number of H-pyrrole nitrogens is 1. The number of hydrogen-bond donors (Lipinski definition) is 1. The third-order valence-electron chi connectivity index (χ3n) is 5.95. The lowest BCUT2D eigenvalue weighted by atomic mass is 9.93. The van der Waals surface area contributed by atoms with Crippen LogP contribution in [-0.4, -0.2) is 55.3 Å². The summed E-state index contributed by atoms with van der Waals surface area (Å²) in [7, 11) is -2.24. The number of rotatable bonds is 6. The maximum Gasteiger partial charge on any atom is 0.326 e. The molecule has 0 radical (unpaired) electrons. The summed E-state index contributed by atoms with van der Waals surface area (Å²) < 4.78 is 36.8. The Balaban J connectivity index is 1.51. The molecule has 1 aliphatic heterocycles. The maximum absolute atomic E-state index is 12.6. The molecule has 0 unspecified atom stereocenters. The number of fused-ring (bicyclic) bond motifs is 2. The van der Waals surface area contributed by atoms with E-state index in [0.29, 0.717) is 23.2 Å². The van der Waals surface area contributed by atoms with Crippen molar-refractivity contribution >= 4 is 49.0 Å². The lowest BCUT2D eigenvalue weighted by molar-refractivity contribution is 0.178. The Morgan fingerprint density at radius 3 is 2.85 bits per heavy atom. The summed E-state index contributed by atoms with van der Waals surface area (Å²) in [4.78, 5) is 15.5. The number of nitrogens with zero attached hydrogens (tertiary/aromatic N) is 4. The summed E-state index contributed by atoms with van der Waals surface area (Å²) >= 11 is 3.32. The van der Waals surface area contributed by atoms with Crippen LogP contribution >= 0.6 is 15.9 Å². The summed E-state index contributed by atoms with van der Waals surface area (Å²) in [6, 6.07) is 10.9. The average Bonchev–Trinajstić information content (AvgIpc) is 3.20. The van der Waals surface area contributed by atoms with E-state index in [4.69, 9.17) is 4.74 Å². The summed E-state index contributed by atoms with van der Waals surface area (Å²) in [5.41, 5.74) is 2.80. The molecule has 1 aliphatic carbocycles. The van der Waals surface area contributed by atoms with E-state index in [1.807, 2.05) is 22.8 Å². The van der Waals surface area contributed by atoms with Crippen LogP contribution in [-0.2, 0) is 14.8 Å². The summed E-state index contributed by atoms with van der Waals surface area (Å²) in [5, 5.41) is 6.08. The van der Waals surface area contributed by atoms with E-state index in [0.717, 1.165) is 35.9 Å². The topological polar surface area (TPSA) is 109 Å². The van der Waals surface area contributed by atoms with Gasteiger partial charge in [-0.15, -0.1) is 4.40 Å². The van der Waals surface area contributed by atoms with Crippen LogP contribution in [0.15, 0.2) is 60.1 Å². The first-order valence-electron chi connectivity index (χ1n) is 10.6. The number of halogens is 1. The number of methoxy groups -OCH3 is 1. The normalized spacial score (nSPS) is 17.3. The van der Waals surface area contributed by atoms with Gasteiger partial charge in [0.05, 0.1) is 30.4 Å². The van der Waals surface area contributed by atoms with Crippen LogP contribution in [0.25, 0.3) is 11.0 Å². The molecule has 33 heavy (non-hydrogen) atoms. The lowest BCUT2D eigenvalue weighted by Crippen LogP contribution is -2.29. The predicted molar refractivity (Wildman–Crippen MR) is 129 cm³/mol. The molecular weight excluding hydrogens is 510 g/mol. The Hall–Kier alpha value is -2.76. The molecule has 0 bridgehead atoms. The van der Waals surface area contributed by atoms with Gasteiger partial charge in [-0.25, -0.2) is 9.80 Å². The molecule has 0 saturated heterocycles. The molecule has 11 heteroatoms.